The first-order chi connectivity index (χ1) is 30.7. The van der Waals surface area contributed by atoms with Crippen LogP contribution in [0.3, 0.4) is 0 Å². The Hall–Kier alpha value is -7.22. The quantitative estimate of drug-likeness (QED) is 0.173. The zero-order chi connectivity index (χ0) is 43.7. The van der Waals surface area contributed by atoms with Crippen LogP contribution < -0.4 is 0 Å². The number of fused-ring (bicyclic) bond motifs is 5. The largest absolute Gasteiger partial charge is 0.456 e. The van der Waals surface area contributed by atoms with Crippen molar-refractivity contribution in [1.29, 1.82) is 0 Å². The Bertz CT molecular complexity index is 3140. The number of furan rings is 1. The van der Waals surface area contributed by atoms with E-state index in [9.17, 15) is 0 Å². The summed E-state index contributed by atoms with van der Waals surface area (Å²) < 4.78 is 5.86. The van der Waals surface area contributed by atoms with Crippen LogP contribution in [0, 0.1) is 41.5 Å². The molecule has 1 aromatic heterocycles. The fourth-order valence-electron chi connectivity index (χ4n) is 8.38. The van der Waals surface area contributed by atoms with Crippen LogP contribution >= 0.6 is 0 Å². The van der Waals surface area contributed by atoms with Gasteiger partial charge in [0.1, 0.15) is 11.2 Å². The van der Waals surface area contributed by atoms with Crippen molar-refractivity contribution < 1.29 is 4.42 Å². The lowest BCUT2D eigenvalue weighted by molar-refractivity contribution is 0.669. The molecule has 0 fully saturated rings. The van der Waals surface area contributed by atoms with E-state index in [1.165, 1.54) is 99.4 Å². The minimum Gasteiger partial charge on any atom is -0.456 e. The van der Waals surface area contributed by atoms with Crippen molar-refractivity contribution >= 4 is 38.8 Å². The average molecular weight is 817 g/mol. The zero-order valence-electron chi connectivity index (χ0n) is 37.5. The second kappa shape index (κ2) is 19.7. The van der Waals surface area contributed by atoms with Crippen LogP contribution in [0.15, 0.2) is 205 Å². The molecule has 0 atom stereocenters. The molecule has 9 aromatic carbocycles. The van der Waals surface area contributed by atoms with E-state index in [0.29, 0.717) is 0 Å². The molecule has 310 valence electrons. The van der Waals surface area contributed by atoms with E-state index in [2.05, 4.69) is 217 Å². The maximum atomic E-state index is 5.86. The van der Waals surface area contributed by atoms with Gasteiger partial charge in [-0.2, -0.15) is 0 Å². The van der Waals surface area contributed by atoms with Crippen LogP contribution in [-0.2, 0) is 6.42 Å². The Morgan fingerprint density at radius 2 is 0.952 bits per heavy atom. The molecule has 1 aliphatic rings. The van der Waals surface area contributed by atoms with Gasteiger partial charge >= 0.3 is 0 Å². The van der Waals surface area contributed by atoms with Gasteiger partial charge in [0, 0.05) is 10.8 Å². The molecule has 0 bridgehead atoms. The number of rotatable bonds is 3. The summed E-state index contributed by atoms with van der Waals surface area (Å²) in [6, 6.07) is 68.5. The van der Waals surface area contributed by atoms with E-state index < -0.39 is 0 Å². The molecule has 1 nitrogen and oxygen atoms in total. The van der Waals surface area contributed by atoms with E-state index in [0.717, 1.165) is 24.0 Å². The predicted octanol–water partition coefficient (Wildman–Crippen LogP) is 17.6. The summed E-state index contributed by atoms with van der Waals surface area (Å²) in [5.41, 5.74) is 20.5. The van der Waals surface area contributed by atoms with Gasteiger partial charge in [-0.05, 0) is 151 Å². The van der Waals surface area contributed by atoms with Gasteiger partial charge in [0.05, 0.1) is 0 Å². The molecule has 10 aromatic rings. The van der Waals surface area contributed by atoms with Gasteiger partial charge in [0.15, 0.2) is 0 Å². The van der Waals surface area contributed by atoms with Crippen LogP contribution in [0.2, 0.25) is 0 Å². The minimum absolute atomic E-state index is 0.946. The van der Waals surface area contributed by atoms with Gasteiger partial charge in [-0.15, -0.1) is 0 Å². The predicted molar refractivity (Wildman–Crippen MR) is 273 cm³/mol. The van der Waals surface area contributed by atoms with Gasteiger partial charge in [0.25, 0.3) is 0 Å². The monoisotopic (exact) mass is 816 g/mol. The van der Waals surface area contributed by atoms with E-state index in [1.807, 2.05) is 30.3 Å². The topological polar surface area (TPSA) is 13.1 Å². The summed E-state index contributed by atoms with van der Waals surface area (Å²) in [7, 11) is 0. The van der Waals surface area contributed by atoms with Crippen molar-refractivity contribution in [3.05, 3.63) is 245 Å². The highest BCUT2D eigenvalue weighted by Crippen LogP contribution is 2.36. The van der Waals surface area contributed by atoms with Crippen LogP contribution in [0.25, 0.3) is 72.2 Å². The summed E-state index contributed by atoms with van der Waals surface area (Å²) in [5.74, 6) is 0. The lowest BCUT2D eigenvalue weighted by Crippen LogP contribution is -1.99. The molecule has 0 radical (unpaired) electrons. The van der Waals surface area contributed by atoms with Gasteiger partial charge in [-0.3, -0.25) is 0 Å². The Labute approximate surface area is 374 Å². The van der Waals surface area contributed by atoms with Gasteiger partial charge in [-0.1, -0.05) is 199 Å². The summed E-state index contributed by atoms with van der Waals surface area (Å²) in [6.07, 6.45) is 6.93. The number of aryl methyl sites for hydroxylation is 6. The van der Waals surface area contributed by atoms with Crippen molar-refractivity contribution in [2.75, 3.05) is 0 Å². The molecular weight excluding hydrogens is 761 g/mol. The van der Waals surface area contributed by atoms with E-state index in [-0.39, 0.29) is 0 Å². The Morgan fingerprint density at radius 3 is 1.63 bits per heavy atom. The van der Waals surface area contributed by atoms with Crippen molar-refractivity contribution in [2.45, 2.75) is 54.4 Å². The molecule has 0 amide bonds. The Morgan fingerprint density at radius 1 is 0.381 bits per heavy atom. The molecule has 0 N–H and O–H groups in total. The third kappa shape index (κ3) is 10.1. The SMILES string of the molecule is Cc1ccc(-c2ccc(C)c(-c3ccc4c(c3C)C=CCC4)c2)cc1.Cc1ccc(-c2ccc3oc4ccccc4c3c2)cc1.Cc1cccc2ccccc12.Cc1ccccc1. The Balaban J connectivity index is 0.000000127. The summed E-state index contributed by atoms with van der Waals surface area (Å²) in [6.45, 7) is 12.9. The molecule has 11 rings (SSSR count). The fraction of sp³-hybridized carbons (Fsp3) is 0.129. The highest BCUT2D eigenvalue weighted by atomic mass is 16.3. The third-order valence-electron chi connectivity index (χ3n) is 12.1. The minimum atomic E-state index is 0.946. The molecule has 0 saturated carbocycles. The molecule has 0 spiro atoms. The molecule has 63 heavy (non-hydrogen) atoms. The first-order valence-corrected chi connectivity index (χ1v) is 22.1. The second-order valence-electron chi connectivity index (χ2n) is 16.8. The van der Waals surface area contributed by atoms with E-state index >= 15 is 0 Å². The average Bonchev–Trinajstić information content (AvgIpc) is 3.69. The smallest absolute Gasteiger partial charge is 0.135 e. The molecule has 1 heteroatoms. The van der Waals surface area contributed by atoms with Crippen molar-refractivity contribution in [1.82, 2.24) is 0 Å². The van der Waals surface area contributed by atoms with Gasteiger partial charge < -0.3 is 4.42 Å². The maximum absolute atomic E-state index is 5.86. The van der Waals surface area contributed by atoms with Crippen molar-refractivity contribution in [3.8, 4) is 33.4 Å². The normalized spacial score (nSPS) is 11.5. The van der Waals surface area contributed by atoms with Gasteiger partial charge in [0.2, 0.25) is 0 Å². The summed E-state index contributed by atoms with van der Waals surface area (Å²) >= 11 is 0. The summed E-state index contributed by atoms with van der Waals surface area (Å²) in [5, 5.41) is 5.04. The standard InChI is InChI=1S/C25H24.C19H14O.C11H10.C7H8/c1-17-8-11-20(12-9-17)22-13-10-18(2)25(16-22)24-15-14-21-6-4-5-7-23(21)19(24)3;1-13-6-8-14(9-7-13)15-10-11-19-17(12-15)16-4-2-3-5-18(16)20-19;1-9-5-4-7-10-6-2-3-8-11(9)10;1-7-5-3-2-4-6-7/h5,7-16H,4,6H2,1-3H3;2-12H,1H3;2-8H,1H3;2-6H,1H3. The molecular formula is C62H56O. The van der Waals surface area contributed by atoms with E-state index in [1.54, 1.807) is 0 Å². The van der Waals surface area contributed by atoms with Crippen molar-refractivity contribution in [2.24, 2.45) is 0 Å². The highest BCUT2D eigenvalue weighted by Gasteiger charge is 2.14. The lowest BCUT2D eigenvalue weighted by atomic mass is 9.86. The highest BCUT2D eigenvalue weighted by molar-refractivity contribution is 6.06. The number of allylic oxidation sites excluding steroid dienone is 1. The molecule has 1 aliphatic carbocycles. The first-order valence-electron chi connectivity index (χ1n) is 22.1. The summed E-state index contributed by atoms with van der Waals surface area (Å²) in [4.78, 5) is 0. The van der Waals surface area contributed by atoms with Crippen molar-refractivity contribution in [3.63, 3.8) is 0 Å². The van der Waals surface area contributed by atoms with Crippen LogP contribution in [0.5, 0.6) is 0 Å². The van der Waals surface area contributed by atoms with E-state index in [4.69, 9.17) is 4.42 Å². The Kier molecular flexibility index (Phi) is 13.3. The third-order valence-corrected chi connectivity index (χ3v) is 12.1. The molecule has 0 saturated heterocycles. The lowest BCUT2D eigenvalue weighted by Gasteiger charge is -2.18. The van der Waals surface area contributed by atoms with Crippen LogP contribution in [0.1, 0.15) is 50.9 Å². The zero-order valence-corrected chi connectivity index (χ0v) is 37.5. The first kappa shape index (κ1) is 42.5. The fourth-order valence-corrected chi connectivity index (χ4v) is 8.38. The van der Waals surface area contributed by atoms with Crippen LogP contribution in [-0.4, -0.2) is 0 Å². The number of hydrogen-bond donors (Lipinski definition) is 0. The second-order valence-corrected chi connectivity index (χ2v) is 16.8. The number of benzene rings is 9. The molecule has 0 aliphatic heterocycles. The van der Waals surface area contributed by atoms with Crippen LogP contribution in [0.4, 0.5) is 0 Å². The molecule has 0 unspecified atom stereocenters. The maximum Gasteiger partial charge on any atom is 0.135 e. The molecule has 1 heterocycles. The number of hydrogen-bond acceptors (Lipinski definition) is 1. The number of para-hydroxylation sites is 1. The van der Waals surface area contributed by atoms with Gasteiger partial charge in [-0.25, -0.2) is 0 Å².